The van der Waals surface area contributed by atoms with Crippen LogP contribution in [0, 0.1) is 0 Å². The molecule has 0 aliphatic rings. The Bertz CT molecular complexity index is 704. The van der Waals surface area contributed by atoms with Crippen LogP contribution in [-0.4, -0.2) is 10.2 Å². The molecule has 0 unspecified atom stereocenters. The van der Waals surface area contributed by atoms with Gasteiger partial charge in [-0.2, -0.15) is 0 Å². The first-order valence-corrected chi connectivity index (χ1v) is 6.53. The second-order valence-corrected chi connectivity index (χ2v) is 4.43. The van der Waals surface area contributed by atoms with Gasteiger partial charge in [-0.05, 0) is 23.6 Å². The standard InChI is InChI=1S/C10H8O2.C6H10N2O/c11-9-6-5-7-3-1-2-4-8(7)10(9)12;7-3-5-1-2-6(4-8)9-5/h1-6,11-12H;1-2H,3-4,7-8H2. The quantitative estimate of drug-likeness (QED) is 0.541. The molecule has 21 heavy (non-hydrogen) atoms. The maximum absolute atomic E-state index is 9.41. The van der Waals surface area contributed by atoms with Crippen LogP contribution in [0.2, 0.25) is 0 Å². The van der Waals surface area contributed by atoms with Gasteiger partial charge in [0.25, 0.3) is 0 Å². The monoisotopic (exact) mass is 286 g/mol. The summed E-state index contributed by atoms with van der Waals surface area (Å²) in [6.07, 6.45) is 0. The molecule has 1 heterocycles. The zero-order valence-corrected chi connectivity index (χ0v) is 11.5. The Balaban J connectivity index is 0.000000161. The fraction of sp³-hybridized carbons (Fsp3) is 0.125. The number of benzene rings is 2. The van der Waals surface area contributed by atoms with Crippen molar-refractivity contribution in [2.45, 2.75) is 13.1 Å². The van der Waals surface area contributed by atoms with Gasteiger partial charge in [0.15, 0.2) is 11.5 Å². The van der Waals surface area contributed by atoms with Crippen LogP contribution in [0.3, 0.4) is 0 Å². The van der Waals surface area contributed by atoms with Crippen LogP contribution < -0.4 is 11.5 Å². The number of phenols is 2. The van der Waals surface area contributed by atoms with E-state index in [-0.39, 0.29) is 11.5 Å². The molecule has 0 fully saturated rings. The summed E-state index contributed by atoms with van der Waals surface area (Å²) in [5.74, 6) is 1.45. The van der Waals surface area contributed by atoms with Crippen LogP contribution >= 0.6 is 0 Å². The topological polar surface area (TPSA) is 106 Å². The lowest BCUT2D eigenvalue weighted by molar-refractivity contribution is 0.408. The van der Waals surface area contributed by atoms with Crippen LogP contribution in [0.1, 0.15) is 11.5 Å². The number of phenolic OH excluding ortho intramolecular Hbond substituents is 2. The van der Waals surface area contributed by atoms with Gasteiger partial charge >= 0.3 is 0 Å². The van der Waals surface area contributed by atoms with E-state index in [9.17, 15) is 5.11 Å². The van der Waals surface area contributed by atoms with Crippen LogP contribution in [0.15, 0.2) is 52.9 Å². The van der Waals surface area contributed by atoms with Crippen LogP contribution in [0.25, 0.3) is 10.8 Å². The molecule has 0 saturated carbocycles. The van der Waals surface area contributed by atoms with Gasteiger partial charge in [-0.1, -0.05) is 30.3 Å². The molecule has 1 aromatic heterocycles. The highest BCUT2D eigenvalue weighted by molar-refractivity contribution is 5.90. The Morgan fingerprint density at radius 2 is 1.43 bits per heavy atom. The fourth-order valence-electron chi connectivity index (χ4n) is 1.89. The molecule has 0 bridgehead atoms. The predicted octanol–water partition coefficient (Wildman–Crippen LogP) is 2.45. The molecule has 0 amide bonds. The van der Waals surface area contributed by atoms with Gasteiger partial charge in [-0.25, -0.2) is 0 Å². The number of furan rings is 1. The van der Waals surface area contributed by atoms with Gasteiger partial charge < -0.3 is 26.1 Å². The van der Waals surface area contributed by atoms with Crippen LogP contribution in [0.4, 0.5) is 0 Å². The zero-order chi connectivity index (χ0) is 15.2. The molecular weight excluding hydrogens is 268 g/mol. The van der Waals surface area contributed by atoms with Gasteiger partial charge in [-0.15, -0.1) is 0 Å². The summed E-state index contributed by atoms with van der Waals surface area (Å²) < 4.78 is 5.13. The first kappa shape index (κ1) is 14.9. The highest BCUT2D eigenvalue weighted by atomic mass is 16.3. The lowest BCUT2D eigenvalue weighted by Crippen LogP contribution is -1.95. The van der Waals surface area contributed by atoms with E-state index in [1.165, 1.54) is 6.07 Å². The SMILES string of the molecule is NCc1ccc(CN)o1.Oc1ccc2ccccc2c1O. The predicted molar refractivity (Wildman–Crippen MR) is 81.8 cm³/mol. The van der Waals surface area contributed by atoms with Crippen molar-refractivity contribution in [3.05, 3.63) is 60.1 Å². The average molecular weight is 286 g/mol. The lowest BCUT2D eigenvalue weighted by Gasteiger charge is -2.01. The Labute approximate surface area is 122 Å². The molecule has 110 valence electrons. The molecule has 0 spiro atoms. The van der Waals surface area contributed by atoms with E-state index in [1.54, 1.807) is 12.1 Å². The minimum atomic E-state index is -0.0753. The second kappa shape index (κ2) is 6.78. The van der Waals surface area contributed by atoms with Crippen molar-refractivity contribution >= 4 is 10.8 Å². The molecule has 2 aromatic carbocycles. The summed E-state index contributed by atoms with van der Waals surface area (Å²) in [5.41, 5.74) is 10.6. The van der Waals surface area contributed by atoms with Crippen molar-refractivity contribution in [2.24, 2.45) is 11.5 Å². The number of nitrogens with two attached hydrogens (primary N) is 2. The number of aromatic hydroxyl groups is 2. The summed E-state index contributed by atoms with van der Waals surface area (Å²) in [6, 6.07) is 14.3. The van der Waals surface area contributed by atoms with Gasteiger partial charge in [0.05, 0.1) is 13.1 Å². The van der Waals surface area contributed by atoms with E-state index >= 15 is 0 Å². The summed E-state index contributed by atoms with van der Waals surface area (Å²) in [5, 5.41) is 20.2. The number of rotatable bonds is 2. The van der Waals surface area contributed by atoms with E-state index in [0.717, 1.165) is 16.9 Å². The van der Waals surface area contributed by atoms with Gasteiger partial charge in [0, 0.05) is 5.39 Å². The highest BCUT2D eigenvalue weighted by Crippen LogP contribution is 2.32. The molecule has 0 aliphatic carbocycles. The Kier molecular flexibility index (Phi) is 4.81. The minimum absolute atomic E-state index is 0.0481. The molecule has 3 aromatic rings. The molecule has 0 radical (unpaired) electrons. The Morgan fingerprint density at radius 3 is 2.00 bits per heavy atom. The minimum Gasteiger partial charge on any atom is -0.504 e. The molecule has 5 nitrogen and oxygen atoms in total. The maximum Gasteiger partial charge on any atom is 0.165 e. The Morgan fingerprint density at radius 1 is 0.810 bits per heavy atom. The zero-order valence-electron chi connectivity index (χ0n) is 11.5. The van der Waals surface area contributed by atoms with E-state index in [1.807, 2.05) is 30.3 Å². The molecule has 5 heteroatoms. The summed E-state index contributed by atoms with van der Waals surface area (Å²) >= 11 is 0. The largest absolute Gasteiger partial charge is 0.504 e. The van der Waals surface area contributed by atoms with Crippen molar-refractivity contribution in [3.63, 3.8) is 0 Å². The van der Waals surface area contributed by atoms with Crippen molar-refractivity contribution in [1.82, 2.24) is 0 Å². The van der Waals surface area contributed by atoms with E-state index in [4.69, 9.17) is 21.0 Å². The summed E-state index contributed by atoms with van der Waals surface area (Å²) in [4.78, 5) is 0. The van der Waals surface area contributed by atoms with Gasteiger partial charge in [0.2, 0.25) is 0 Å². The van der Waals surface area contributed by atoms with E-state index in [2.05, 4.69) is 0 Å². The highest BCUT2D eigenvalue weighted by Gasteiger charge is 2.02. The van der Waals surface area contributed by atoms with Crippen LogP contribution in [0.5, 0.6) is 11.5 Å². The maximum atomic E-state index is 9.41. The fourth-order valence-corrected chi connectivity index (χ4v) is 1.89. The number of hydrogen-bond donors (Lipinski definition) is 4. The Hall–Kier alpha value is -2.50. The lowest BCUT2D eigenvalue weighted by atomic mass is 10.1. The third-order valence-electron chi connectivity index (χ3n) is 3.00. The van der Waals surface area contributed by atoms with Crippen molar-refractivity contribution in [1.29, 1.82) is 0 Å². The van der Waals surface area contributed by atoms with Gasteiger partial charge in [0.1, 0.15) is 11.5 Å². The second-order valence-electron chi connectivity index (χ2n) is 4.43. The molecule has 0 saturated heterocycles. The van der Waals surface area contributed by atoms with Crippen molar-refractivity contribution < 1.29 is 14.6 Å². The van der Waals surface area contributed by atoms with E-state index < -0.39 is 0 Å². The molecule has 6 N–H and O–H groups in total. The van der Waals surface area contributed by atoms with Gasteiger partial charge in [-0.3, -0.25) is 0 Å². The van der Waals surface area contributed by atoms with Crippen molar-refractivity contribution in [2.75, 3.05) is 0 Å². The third kappa shape index (κ3) is 3.53. The molecule has 0 aliphatic heterocycles. The molecular formula is C16H18N2O3. The molecule has 3 rings (SSSR count). The normalized spacial score (nSPS) is 10.2. The van der Waals surface area contributed by atoms with Crippen molar-refractivity contribution in [3.8, 4) is 11.5 Å². The summed E-state index contributed by atoms with van der Waals surface area (Å²) in [7, 11) is 0. The first-order valence-electron chi connectivity index (χ1n) is 6.53. The number of fused-ring (bicyclic) bond motifs is 1. The summed E-state index contributed by atoms with van der Waals surface area (Å²) in [6.45, 7) is 0.889. The smallest absolute Gasteiger partial charge is 0.165 e. The number of hydrogen-bond acceptors (Lipinski definition) is 5. The van der Waals surface area contributed by atoms with Crippen LogP contribution in [-0.2, 0) is 13.1 Å². The van der Waals surface area contributed by atoms with E-state index in [0.29, 0.717) is 18.5 Å². The first-order chi connectivity index (χ1) is 10.2. The molecule has 0 atom stereocenters. The average Bonchev–Trinajstić information content (AvgIpc) is 3.00. The third-order valence-corrected chi connectivity index (χ3v) is 3.00.